The minimum atomic E-state index is 0. The third-order valence-electron chi connectivity index (χ3n) is 0.615. The quantitative estimate of drug-likeness (QED) is 0.531. The van der Waals surface area contributed by atoms with Crippen molar-refractivity contribution in [2.45, 2.75) is 6.92 Å². The van der Waals surface area contributed by atoms with Crippen molar-refractivity contribution in [2.24, 2.45) is 5.73 Å². The van der Waals surface area contributed by atoms with Crippen LogP contribution in [0, 0.1) is 0 Å². The molecular weight excluding hydrogens is 216 g/mol. The average Bonchev–Trinajstić information content (AvgIpc) is 2.01. The normalized spacial score (nSPS) is 7.33. The van der Waals surface area contributed by atoms with E-state index in [2.05, 4.69) is 30.6 Å². The van der Waals surface area contributed by atoms with Gasteiger partial charge in [-0.1, -0.05) is 0 Å². The van der Waals surface area contributed by atoms with E-state index in [-0.39, 0.29) is 18.3 Å². The van der Waals surface area contributed by atoms with Gasteiger partial charge in [0, 0.05) is 31.5 Å². The minimum Gasteiger partial charge on any atom is -0.356 e. The Hall–Kier alpha value is 0.420. The molecule has 0 aromatic rings. The first kappa shape index (κ1) is 18.3. The molecule has 3 nitrogen and oxygen atoms in total. The Morgan fingerprint density at radius 1 is 1.42 bits per heavy atom. The lowest BCUT2D eigenvalue weighted by Crippen LogP contribution is -2.21. The summed E-state index contributed by atoms with van der Waals surface area (Å²) in [5.41, 5.74) is 4.95. The van der Waals surface area contributed by atoms with E-state index >= 15 is 0 Å². The van der Waals surface area contributed by atoms with Gasteiger partial charge in [0.05, 0.1) is 0 Å². The summed E-state index contributed by atoms with van der Waals surface area (Å²) < 4.78 is 0. The zero-order valence-electron chi connectivity index (χ0n) is 7.12. The molecule has 6 heteroatoms. The van der Waals surface area contributed by atoms with Crippen molar-refractivity contribution in [3.8, 4) is 0 Å². The number of hydrogen-bond acceptors (Lipinski definition) is 4. The fourth-order valence-corrected chi connectivity index (χ4v) is 0.344. The highest BCUT2D eigenvalue weighted by Crippen LogP contribution is 1.67. The molecule has 12 heavy (non-hydrogen) atoms. The molecule has 3 N–H and O–H groups in total. The number of carbonyl (C=O) groups is 1. The average molecular weight is 233 g/mol. The third-order valence-corrected chi connectivity index (χ3v) is 1.10. The van der Waals surface area contributed by atoms with Crippen LogP contribution in [-0.2, 0) is 4.79 Å². The summed E-state index contributed by atoms with van der Waals surface area (Å²) in [5, 5.41) is 2.58. The lowest BCUT2D eigenvalue weighted by molar-refractivity contribution is -0.118. The zero-order chi connectivity index (χ0) is 9.11. The first-order chi connectivity index (χ1) is 5.18. The number of halogens is 1. The molecule has 0 aliphatic carbocycles. The summed E-state index contributed by atoms with van der Waals surface area (Å²) in [5.74, 6) is 1.51. The van der Waals surface area contributed by atoms with Crippen LogP contribution in [0.25, 0.3) is 0 Å². The van der Waals surface area contributed by atoms with E-state index in [1.807, 2.05) is 0 Å². The molecule has 0 fully saturated rings. The Labute approximate surface area is 91.1 Å². The molecule has 0 atom stereocenters. The van der Waals surface area contributed by atoms with E-state index in [0.717, 1.165) is 5.75 Å². The van der Waals surface area contributed by atoms with Gasteiger partial charge in [-0.2, -0.15) is 25.3 Å². The van der Waals surface area contributed by atoms with Gasteiger partial charge in [0.2, 0.25) is 5.91 Å². The standard InChI is InChI=1S/C4H9NOS.C2H7NS.ClH/c1-4(6)5-2-3-7;3-1-2-4;/h7H,2-3H2,1H3,(H,5,6);4H,1-3H2;1H. The van der Waals surface area contributed by atoms with E-state index in [1.54, 1.807) is 0 Å². The Bertz CT molecular complexity index is 93.6. The van der Waals surface area contributed by atoms with Gasteiger partial charge in [-0.15, -0.1) is 12.4 Å². The van der Waals surface area contributed by atoms with Crippen molar-refractivity contribution in [3.05, 3.63) is 0 Å². The third kappa shape index (κ3) is 31.5. The van der Waals surface area contributed by atoms with Crippen LogP contribution in [0.15, 0.2) is 0 Å². The number of hydrogen-bond donors (Lipinski definition) is 4. The fraction of sp³-hybridized carbons (Fsp3) is 0.833. The van der Waals surface area contributed by atoms with Gasteiger partial charge < -0.3 is 11.1 Å². The van der Waals surface area contributed by atoms with Crippen LogP contribution in [0.5, 0.6) is 0 Å². The summed E-state index contributed by atoms with van der Waals surface area (Å²) in [6.07, 6.45) is 0. The van der Waals surface area contributed by atoms with Gasteiger partial charge in [0.15, 0.2) is 0 Å². The van der Waals surface area contributed by atoms with Crippen LogP contribution in [0.2, 0.25) is 0 Å². The van der Waals surface area contributed by atoms with E-state index in [0.29, 0.717) is 18.8 Å². The van der Waals surface area contributed by atoms with E-state index in [4.69, 9.17) is 5.73 Å². The lowest BCUT2D eigenvalue weighted by Gasteiger charge is -1.93. The molecule has 0 saturated carbocycles. The lowest BCUT2D eigenvalue weighted by atomic mass is 10.6. The molecule has 0 saturated heterocycles. The predicted octanol–water partition coefficient (Wildman–Crippen LogP) is 0.349. The number of nitrogens with two attached hydrogens (primary N) is 1. The first-order valence-electron chi connectivity index (χ1n) is 3.35. The maximum atomic E-state index is 10.1. The van der Waals surface area contributed by atoms with Crippen LogP contribution in [0.3, 0.4) is 0 Å². The van der Waals surface area contributed by atoms with Gasteiger partial charge in [-0.25, -0.2) is 0 Å². The predicted molar refractivity (Wildman–Crippen MR) is 62.7 cm³/mol. The molecule has 0 bridgehead atoms. The highest BCUT2D eigenvalue weighted by molar-refractivity contribution is 7.80. The van der Waals surface area contributed by atoms with Gasteiger partial charge in [0.1, 0.15) is 0 Å². The number of rotatable bonds is 3. The SMILES string of the molecule is CC(=O)NCCS.Cl.NCCS. The molecule has 76 valence electrons. The number of amides is 1. The highest BCUT2D eigenvalue weighted by Gasteiger charge is 1.83. The van der Waals surface area contributed by atoms with Gasteiger partial charge in [-0.3, -0.25) is 4.79 Å². The van der Waals surface area contributed by atoms with E-state index in [1.165, 1.54) is 6.92 Å². The Kier molecular flexibility index (Phi) is 26.6. The summed E-state index contributed by atoms with van der Waals surface area (Å²) >= 11 is 7.68. The van der Waals surface area contributed by atoms with Crippen molar-refractivity contribution in [1.82, 2.24) is 5.32 Å². The zero-order valence-corrected chi connectivity index (χ0v) is 9.72. The van der Waals surface area contributed by atoms with Crippen molar-refractivity contribution < 1.29 is 4.79 Å². The second kappa shape index (κ2) is 17.5. The van der Waals surface area contributed by atoms with Crippen LogP contribution >= 0.6 is 37.7 Å². The summed E-state index contributed by atoms with van der Waals surface area (Å²) in [6, 6.07) is 0. The second-order valence-corrected chi connectivity index (χ2v) is 2.61. The maximum Gasteiger partial charge on any atom is 0.216 e. The topological polar surface area (TPSA) is 55.1 Å². The van der Waals surface area contributed by atoms with Crippen LogP contribution in [-0.4, -0.2) is 30.5 Å². The maximum absolute atomic E-state index is 10.1. The summed E-state index contributed by atoms with van der Waals surface area (Å²) in [4.78, 5) is 10.1. The van der Waals surface area contributed by atoms with Gasteiger partial charge in [0.25, 0.3) is 0 Å². The van der Waals surface area contributed by atoms with Crippen molar-refractivity contribution in [3.63, 3.8) is 0 Å². The smallest absolute Gasteiger partial charge is 0.216 e. The minimum absolute atomic E-state index is 0. The number of nitrogens with one attached hydrogen (secondary N) is 1. The van der Waals surface area contributed by atoms with Gasteiger partial charge in [-0.05, 0) is 0 Å². The molecule has 0 spiro atoms. The van der Waals surface area contributed by atoms with Crippen LogP contribution in [0.4, 0.5) is 0 Å². The molecule has 0 unspecified atom stereocenters. The largest absolute Gasteiger partial charge is 0.356 e. The molecule has 0 aromatic carbocycles. The van der Waals surface area contributed by atoms with Gasteiger partial charge >= 0.3 is 0 Å². The number of carbonyl (C=O) groups excluding carboxylic acids is 1. The molecular formula is C6H17ClN2OS2. The molecule has 0 aromatic heterocycles. The van der Waals surface area contributed by atoms with Crippen molar-refractivity contribution >= 4 is 43.6 Å². The highest BCUT2D eigenvalue weighted by atomic mass is 35.5. The summed E-state index contributed by atoms with van der Waals surface area (Å²) in [7, 11) is 0. The van der Waals surface area contributed by atoms with E-state index < -0.39 is 0 Å². The molecule has 0 aliphatic rings. The molecule has 1 amide bonds. The molecule has 0 heterocycles. The Morgan fingerprint density at radius 3 is 1.92 bits per heavy atom. The Morgan fingerprint density at radius 2 is 1.83 bits per heavy atom. The van der Waals surface area contributed by atoms with Crippen molar-refractivity contribution in [2.75, 3.05) is 24.6 Å². The first-order valence-corrected chi connectivity index (χ1v) is 4.61. The van der Waals surface area contributed by atoms with Crippen LogP contribution in [0.1, 0.15) is 6.92 Å². The van der Waals surface area contributed by atoms with Crippen LogP contribution < -0.4 is 11.1 Å². The second-order valence-electron chi connectivity index (χ2n) is 1.72. The molecule has 0 aliphatic heterocycles. The van der Waals surface area contributed by atoms with Crippen molar-refractivity contribution in [1.29, 1.82) is 0 Å². The monoisotopic (exact) mass is 232 g/mol. The number of thiol groups is 2. The Balaban J connectivity index is -0.000000142. The molecule has 0 rings (SSSR count). The molecule has 0 radical (unpaired) electrons. The van der Waals surface area contributed by atoms with E-state index in [9.17, 15) is 4.79 Å². The summed E-state index contributed by atoms with van der Waals surface area (Å²) in [6.45, 7) is 2.84. The fourth-order valence-electron chi connectivity index (χ4n) is 0.232.